The monoisotopic (exact) mass is 228 g/mol. The van der Waals surface area contributed by atoms with E-state index in [4.69, 9.17) is 0 Å². The minimum Gasteiger partial charge on any atom is -0.311 e. The summed E-state index contributed by atoms with van der Waals surface area (Å²) in [5.74, 6) is 0. The Bertz CT molecular complexity index is 271. The van der Waals surface area contributed by atoms with E-state index in [1.165, 1.54) is 0 Å². The third-order valence-corrected chi connectivity index (χ3v) is 3.45. The van der Waals surface area contributed by atoms with Crippen molar-refractivity contribution < 1.29 is 0 Å². The molecular formula is C10H20N4S. The molecule has 1 heterocycles. The maximum atomic E-state index is 4.09. The van der Waals surface area contributed by atoms with Crippen LogP contribution in [0.4, 0.5) is 0 Å². The van der Waals surface area contributed by atoms with Crippen LogP contribution in [0.5, 0.6) is 0 Å². The molecular weight excluding hydrogens is 208 g/mol. The van der Waals surface area contributed by atoms with Crippen molar-refractivity contribution in [3.63, 3.8) is 0 Å². The van der Waals surface area contributed by atoms with Crippen LogP contribution in [0.2, 0.25) is 0 Å². The van der Waals surface area contributed by atoms with Gasteiger partial charge in [-0.1, -0.05) is 25.6 Å². The van der Waals surface area contributed by atoms with Crippen molar-refractivity contribution in [2.45, 2.75) is 50.1 Å². The van der Waals surface area contributed by atoms with Crippen molar-refractivity contribution in [3.05, 3.63) is 6.33 Å². The molecule has 1 rings (SSSR count). The van der Waals surface area contributed by atoms with Crippen LogP contribution in [0.3, 0.4) is 0 Å². The molecule has 86 valence electrons. The van der Waals surface area contributed by atoms with Crippen LogP contribution >= 0.6 is 11.8 Å². The van der Waals surface area contributed by atoms with Gasteiger partial charge < -0.3 is 5.32 Å². The summed E-state index contributed by atoms with van der Waals surface area (Å²) >= 11 is 1.71. The molecule has 4 nitrogen and oxygen atoms in total. The predicted octanol–water partition coefficient (Wildman–Crippen LogP) is 2.06. The van der Waals surface area contributed by atoms with Crippen LogP contribution in [-0.4, -0.2) is 32.5 Å². The zero-order chi connectivity index (χ0) is 11.3. The minimum absolute atomic E-state index is 0.218. The van der Waals surface area contributed by atoms with E-state index in [2.05, 4.69) is 48.2 Å². The molecule has 1 aromatic rings. The topological polar surface area (TPSA) is 53.6 Å². The molecule has 0 bridgehead atoms. The standard InChI is InChI=1S/C10H20N4S/c1-5-10(3,4)12-6-8(2)15-9-11-7-13-14-9/h7-8,12H,5-6H2,1-4H3,(H,11,13,14). The number of rotatable bonds is 6. The average molecular weight is 228 g/mol. The first kappa shape index (κ1) is 12.5. The Balaban J connectivity index is 2.28. The highest BCUT2D eigenvalue weighted by Crippen LogP contribution is 2.18. The smallest absolute Gasteiger partial charge is 0.183 e. The highest BCUT2D eigenvalue weighted by Gasteiger charge is 2.15. The summed E-state index contributed by atoms with van der Waals surface area (Å²) in [4.78, 5) is 4.09. The maximum Gasteiger partial charge on any atom is 0.183 e. The Hall–Kier alpha value is -0.550. The van der Waals surface area contributed by atoms with Gasteiger partial charge in [0.25, 0.3) is 0 Å². The van der Waals surface area contributed by atoms with Crippen molar-refractivity contribution >= 4 is 11.8 Å². The molecule has 0 fully saturated rings. The third kappa shape index (κ3) is 4.66. The van der Waals surface area contributed by atoms with Crippen molar-refractivity contribution in [2.24, 2.45) is 0 Å². The Kier molecular flexibility index (Phi) is 4.60. The Morgan fingerprint density at radius 2 is 2.33 bits per heavy atom. The lowest BCUT2D eigenvalue weighted by Crippen LogP contribution is -2.41. The van der Waals surface area contributed by atoms with E-state index in [1.54, 1.807) is 18.1 Å². The molecule has 0 radical (unpaired) electrons. The highest BCUT2D eigenvalue weighted by atomic mass is 32.2. The summed E-state index contributed by atoms with van der Waals surface area (Å²) in [6, 6.07) is 0. The van der Waals surface area contributed by atoms with Gasteiger partial charge in [0, 0.05) is 17.3 Å². The van der Waals surface area contributed by atoms with Gasteiger partial charge in [0.2, 0.25) is 0 Å². The van der Waals surface area contributed by atoms with E-state index >= 15 is 0 Å². The largest absolute Gasteiger partial charge is 0.311 e. The Morgan fingerprint density at radius 3 is 2.87 bits per heavy atom. The molecule has 0 aliphatic rings. The molecule has 1 atom stereocenters. The summed E-state index contributed by atoms with van der Waals surface area (Å²) < 4.78 is 0. The quantitative estimate of drug-likeness (QED) is 0.732. The first-order valence-electron chi connectivity index (χ1n) is 5.30. The second kappa shape index (κ2) is 5.51. The van der Waals surface area contributed by atoms with Gasteiger partial charge in [0.05, 0.1) is 0 Å². The highest BCUT2D eigenvalue weighted by molar-refractivity contribution is 7.99. The summed E-state index contributed by atoms with van der Waals surface area (Å²) in [5, 5.41) is 11.6. The minimum atomic E-state index is 0.218. The molecule has 0 aromatic carbocycles. The summed E-state index contributed by atoms with van der Waals surface area (Å²) in [6.45, 7) is 9.80. The van der Waals surface area contributed by atoms with E-state index in [9.17, 15) is 0 Å². The zero-order valence-electron chi connectivity index (χ0n) is 9.87. The van der Waals surface area contributed by atoms with Crippen LogP contribution in [0.15, 0.2) is 11.5 Å². The number of hydrogen-bond donors (Lipinski definition) is 2. The van der Waals surface area contributed by atoms with Crippen LogP contribution in [0.1, 0.15) is 34.1 Å². The molecule has 5 heteroatoms. The Morgan fingerprint density at radius 1 is 1.60 bits per heavy atom. The van der Waals surface area contributed by atoms with E-state index in [-0.39, 0.29) is 5.54 Å². The van der Waals surface area contributed by atoms with Gasteiger partial charge >= 0.3 is 0 Å². The summed E-state index contributed by atoms with van der Waals surface area (Å²) in [7, 11) is 0. The number of nitrogens with one attached hydrogen (secondary N) is 2. The average Bonchev–Trinajstić information content (AvgIpc) is 2.68. The first-order valence-corrected chi connectivity index (χ1v) is 6.18. The van der Waals surface area contributed by atoms with Gasteiger partial charge in [0.1, 0.15) is 6.33 Å². The molecule has 1 aromatic heterocycles. The number of H-pyrrole nitrogens is 1. The van der Waals surface area contributed by atoms with E-state index in [0.717, 1.165) is 18.1 Å². The van der Waals surface area contributed by atoms with Crippen molar-refractivity contribution in [1.82, 2.24) is 20.5 Å². The van der Waals surface area contributed by atoms with Gasteiger partial charge in [-0.15, -0.1) is 0 Å². The van der Waals surface area contributed by atoms with Crippen LogP contribution in [0.25, 0.3) is 0 Å². The van der Waals surface area contributed by atoms with E-state index in [1.807, 2.05) is 0 Å². The molecule has 2 N–H and O–H groups in total. The first-order chi connectivity index (χ1) is 7.03. The molecule has 15 heavy (non-hydrogen) atoms. The lowest BCUT2D eigenvalue weighted by atomic mass is 10.0. The van der Waals surface area contributed by atoms with Crippen LogP contribution in [0, 0.1) is 0 Å². The van der Waals surface area contributed by atoms with Gasteiger partial charge in [-0.2, -0.15) is 5.10 Å². The predicted molar refractivity (Wildman–Crippen MR) is 64.1 cm³/mol. The number of aromatic amines is 1. The summed E-state index contributed by atoms with van der Waals surface area (Å²) in [5.41, 5.74) is 0.218. The van der Waals surface area contributed by atoms with Crippen LogP contribution in [-0.2, 0) is 0 Å². The number of nitrogens with zero attached hydrogens (tertiary/aromatic N) is 2. The van der Waals surface area contributed by atoms with Crippen LogP contribution < -0.4 is 5.32 Å². The number of hydrogen-bond acceptors (Lipinski definition) is 4. The molecule has 0 spiro atoms. The normalized spacial score (nSPS) is 14.1. The lowest BCUT2D eigenvalue weighted by molar-refractivity contribution is 0.379. The molecule has 0 amide bonds. The van der Waals surface area contributed by atoms with Crippen molar-refractivity contribution in [1.29, 1.82) is 0 Å². The molecule has 0 saturated heterocycles. The maximum absolute atomic E-state index is 4.09. The SMILES string of the molecule is CCC(C)(C)NCC(C)Sc1ncn[nH]1. The number of aromatic nitrogens is 3. The molecule has 0 aliphatic heterocycles. The third-order valence-electron chi connectivity index (χ3n) is 2.46. The molecule has 0 saturated carbocycles. The van der Waals surface area contributed by atoms with Gasteiger partial charge in [-0.3, -0.25) is 5.10 Å². The van der Waals surface area contributed by atoms with Crippen molar-refractivity contribution in [2.75, 3.05) is 6.54 Å². The fourth-order valence-electron chi connectivity index (χ4n) is 1.03. The Labute approximate surface area is 95.6 Å². The van der Waals surface area contributed by atoms with E-state index < -0.39 is 0 Å². The van der Waals surface area contributed by atoms with Crippen molar-refractivity contribution in [3.8, 4) is 0 Å². The van der Waals surface area contributed by atoms with Gasteiger partial charge in [-0.05, 0) is 20.3 Å². The van der Waals surface area contributed by atoms with Gasteiger partial charge in [0.15, 0.2) is 5.16 Å². The number of thioether (sulfide) groups is 1. The van der Waals surface area contributed by atoms with E-state index in [0.29, 0.717) is 5.25 Å². The zero-order valence-corrected chi connectivity index (χ0v) is 10.7. The fourth-order valence-corrected chi connectivity index (χ4v) is 1.79. The fraction of sp³-hybridized carbons (Fsp3) is 0.800. The molecule has 0 aliphatic carbocycles. The van der Waals surface area contributed by atoms with Gasteiger partial charge in [-0.25, -0.2) is 4.98 Å². The second-order valence-electron chi connectivity index (χ2n) is 4.34. The molecule has 1 unspecified atom stereocenters. The summed E-state index contributed by atoms with van der Waals surface area (Å²) in [6.07, 6.45) is 2.67. The lowest BCUT2D eigenvalue weighted by Gasteiger charge is -2.26. The second-order valence-corrected chi connectivity index (χ2v) is 5.76.